The van der Waals surface area contributed by atoms with Crippen LogP contribution < -0.4 is 0 Å². The molecule has 0 aromatic heterocycles. The summed E-state index contributed by atoms with van der Waals surface area (Å²) in [6.07, 6.45) is 2.30. The van der Waals surface area contributed by atoms with Crippen molar-refractivity contribution < 1.29 is 0 Å². The van der Waals surface area contributed by atoms with E-state index in [1.54, 1.807) is 0 Å². The zero-order chi connectivity index (χ0) is 49.9. The Morgan fingerprint density at radius 1 is 0.391 bits per heavy atom. The monoisotopic (exact) mass is 903 g/mol. The Kier molecular flexibility index (Phi) is 20.1. The fourth-order valence-electron chi connectivity index (χ4n) is 8.50. The molecular weight excluding hydrogens is 829 g/mol. The maximum absolute atomic E-state index is 4.70. The fourth-order valence-corrected chi connectivity index (χ4v) is 8.50. The van der Waals surface area contributed by atoms with E-state index in [4.69, 9.17) is 6.58 Å². The summed E-state index contributed by atoms with van der Waals surface area (Å²) in [5.41, 5.74) is 14.8. The average molecular weight is 903 g/mol. The Morgan fingerprint density at radius 2 is 0.841 bits per heavy atom. The lowest BCUT2D eigenvalue weighted by Gasteiger charge is -2.17. The molecule has 0 aliphatic carbocycles. The summed E-state index contributed by atoms with van der Waals surface area (Å²) in [6, 6.07) is 74.1. The van der Waals surface area contributed by atoms with Crippen molar-refractivity contribution >= 4 is 54.2 Å². The fraction of sp³-hybridized carbons (Fsp3) is 0.188. The molecule has 0 heteroatoms. The second kappa shape index (κ2) is 26.3. The van der Waals surface area contributed by atoms with Gasteiger partial charge in [-0.25, -0.2) is 0 Å². The number of aryl methyl sites for hydroxylation is 4. The molecule has 0 atom stereocenters. The topological polar surface area (TPSA) is 0 Å². The minimum Gasteiger partial charge on any atom is -0.0911 e. The standard InChI is InChI=1S/C46H34.C9H12.C8H10.3C2H6/c1-30-20-23-33(24-21-30)45(26-32(3)44-27-34-12-4-6-14-37(34)39-16-8-10-18-41(39)44)43-28-36(25-22-31(43)2)46-29-35-13-5-7-15-38(35)40-17-9-11-19-42(40)46;1-8(2)9-6-4-3-5-7-9;1-7-5-3-4-6-8(7)2;3*1-2/h4-29H,3H2,1-2H3;3-8H,1-2H3;3-6H,1-2H3;3*1-2H3/b45-26-;;;;;. The van der Waals surface area contributed by atoms with Gasteiger partial charge in [-0.05, 0) is 162 Å². The molecule has 0 aliphatic heterocycles. The zero-order valence-electron chi connectivity index (χ0n) is 43.5. The zero-order valence-corrected chi connectivity index (χ0v) is 43.5. The SMILES string of the molecule is C=C(/C=C(/c1ccc(C)cc1)c1cc(-c2cc3ccccc3c3ccccc23)ccc1C)c1cc2ccccc2c2ccccc12.CC.CC.CC.CC(C)c1ccccc1.Cc1ccccc1C. The molecule has 0 N–H and O–H groups in total. The Balaban J connectivity index is 0.000000320. The molecule has 0 bridgehead atoms. The van der Waals surface area contributed by atoms with Gasteiger partial charge in [-0.2, -0.15) is 0 Å². The van der Waals surface area contributed by atoms with Crippen LogP contribution in [0.4, 0.5) is 0 Å². The molecule has 0 aliphatic rings. The Morgan fingerprint density at radius 3 is 1.36 bits per heavy atom. The van der Waals surface area contributed by atoms with Gasteiger partial charge in [0.1, 0.15) is 0 Å². The molecule has 0 saturated heterocycles. The van der Waals surface area contributed by atoms with E-state index in [9.17, 15) is 0 Å². The first kappa shape index (κ1) is 52.7. The molecule has 0 unspecified atom stereocenters. The molecule has 350 valence electrons. The number of allylic oxidation sites excluding steroid dienone is 2. The molecule has 69 heavy (non-hydrogen) atoms. The number of hydrogen-bond acceptors (Lipinski definition) is 0. The van der Waals surface area contributed by atoms with Gasteiger partial charge in [-0.3, -0.25) is 0 Å². The van der Waals surface area contributed by atoms with E-state index < -0.39 is 0 Å². The summed E-state index contributed by atoms with van der Waals surface area (Å²) >= 11 is 0. The lowest BCUT2D eigenvalue weighted by molar-refractivity contribution is 0.867. The number of hydrogen-bond donors (Lipinski definition) is 0. The minimum absolute atomic E-state index is 0.659. The van der Waals surface area contributed by atoms with Gasteiger partial charge in [-0.1, -0.05) is 256 Å². The summed E-state index contributed by atoms with van der Waals surface area (Å²) in [6.45, 7) is 29.7. The highest BCUT2D eigenvalue weighted by Crippen LogP contribution is 2.39. The largest absolute Gasteiger partial charge is 0.0911 e. The molecule has 0 amide bonds. The van der Waals surface area contributed by atoms with Gasteiger partial charge in [0.05, 0.1) is 0 Å². The molecule has 10 aromatic rings. The predicted molar refractivity (Wildman–Crippen MR) is 311 cm³/mol. The van der Waals surface area contributed by atoms with Gasteiger partial charge in [-0.15, -0.1) is 0 Å². The van der Waals surface area contributed by atoms with Crippen molar-refractivity contribution in [1.29, 1.82) is 0 Å². The van der Waals surface area contributed by atoms with Crippen molar-refractivity contribution in [3.05, 3.63) is 263 Å². The van der Waals surface area contributed by atoms with Crippen molar-refractivity contribution in [3.8, 4) is 11.1 Å². The van der Waals surface area contributed by atoms with Crippen LogP contribution in [0.1, 0.15) is 106 Å². The molecule has 0 radical (unpaired) electrons. The highest BCUT2D eigenvalue weighted by atomic mass is 14.2. The molecule has 0 saturated carbocycles. The van der Waals surface area contributed by atoms with E-state index in [0.717, 1.165) is 11.1 Å². The first-order valence-corrected chi connectivity index (χ1v) is 25.1. The van der Waals surface area contributed by atoms with Crippen LogP contribution in [-0.4, -0.2) is 0 Å². The molecule has 0 fully saturated rings. The third-order valence-corrected chi connectivity index (χ3v) is 12.3. The van der Waals surface area contributed by atoms with Crippen LogP contribution >= 0.6 is 0 Å². The van der Waals surface area contributed by atoms with E-state index >= 15 is 0 Å². The summed E-state index contributed by atoms with van der Waals surface area (Å²) < 4.78 is 0. The van der Waals surface area contributed by atoms with Crippen LogP contribution in [0.25, 0.3) is 65.4 Å². The number of fused-ring (bicyclic) bond motifs is 6. The van der Waals surface area contributed by atoms with Crippen molar-refractivity contribution in [2.24, 2.45) is 0 Å². The van der Waals surface area contributed by atoms with Gasteiger partial charge in [0, 0.05) is 0 Å². The smallest absolute Gasteiger partial charge is 0.00988 e. The van der Waals surface area contributed by atoms with Crippen LogP contribution in [0.2, 0.25) is 0 Å². The van der Waals surface area contributed by atoms with Gasteiger partial charge in [0.15, 0.2) is 0 Å². The van der Waals surface area contributed by atoms with E-state index in [2.05, 4.69) is 248 Å². The Labute approximate surface area is 415 Å². The molecule has 10 aromatic carbocycles. The van der Waals surface area contributed by atoms with E-state index in [1.165, 1.54) is 98.7 Å². The second-order valence-electron chi connectivity index (χ2n) is 17.0. The molecule has 0 spiro atoms. The number of rotatable bonds is 6. The maximum Gasteiger partial charge on any atom is -0.00988 e. The third kappa shape index (κ3) is 13.0. The Bertz CT molecular complexity index is 3210. The lowest BCUT2D eigenvalue weighted by Crippen LogP contribution is -1.95. The van der Waals surface area contributed by atoms with Crippen molar-refractivity contribution in [2.75, 3.05) is 0 Å². The minimum atomic E-state index is 0.659. The third-order valence-electron chi connectivity index (χ3n) is 12.3. The van der Waals surface area contributed by atoms with Crippen LogP contribution in [-0.2, 0) is 0 Å². The lowest BCUT2D eigenvalue weighted by atomic mass is 9.86. The first-order valence-electron chi connectivity index (χ1n) is 25.1. The molecule has 0 heterocycles. The summed E-state index contributed by atoms with van der Waals surface area (Å²) in [5.74, 6) is 0.659. The van der Waals surface area contributed by atoms with Crippen LogP contribution in [0.3, 0.4) is 0 Å². The second-order valence-corrected chi connectivity index (χ2v) is 17.0. The highest BCUT2D eigenvalue weighted by Gasteiger charge is 2.15. The van der Waals surface area contributed by atoms with Gasteiger partial charge < -0.3 is 0 Å². The van der Waals surface area contributed by atoms with Crippen LogP contribution in [0, 0.1) is 27.7 Å². The predicted octanol–water partition coefficient (Wildman–Crippen LogP) is 20.9. The quantitative estimate of drug-likeness (QED) is 0.115. The van der Waals surface area contributed by atoms with E-state index in [-0.39, 0.29) is 0 Å². The normalized spacial score (nSPS) is 10.6. The number of benzene rings is 10. The summed E-state index contributed by atoms with van der Waals surface area (Å²) in [4.78, 5) is 0. The van der Waals surface area contributed by atoms with Gasteiger partial charge in [0.25, 0.3) is 0 Å². The van der Waals surface area contributed by atoms with E-state index in [1.807, 2.05) is 47.6 Å². The van der Waals surface area contributed by atoms with Gasteiger partial charge >= 0.3 is 0 Å². The van der Waals surface area contributed by atoms with Crippen molar-refractivity contribution in [3.63, 3.8) is 0 Å². The van der Waals surface area contributed by atoms with Crippen LogP contribution in [0.15, 0.2) is 219 Å². The van der Waals surface area contributed by atoms with Crippen molar-refractivity contribution in [1.82, 2.24) is 0 Å². The highest BCUT2D eigenvalue weighted by molar-refractivity contribution is 6.15. The molecular formula is C69H74. The first-order chi connectivity index (χ1) is 33.7. The van der Waals surface area contributed by atoms with Crippen molar-refractivity contribution in [2.45, 2.75) is 89.0 Å². The average Bonchev–Trinajstić information content (AvgIpc) is 3.41. The summed E-state index contributed by atoms with van der Waals surface area (Å²) in [7, 11) is 0. The molecule has 10 rings (SSSR count). The van der Waals surface area contributed by atoms with Crippen LogP contribution in [0.5, 0.6) is 0 Å². The Hall–Kier alpha value is -7.28. The molecule has 0 nitrogen and oxygen atoms in total. The maximum atomic E-state index is 4.70. The summed E-state index contributed by atoms with van der Waals surface area (Å²) in [5, 5.41) is 10.1. The van der Waals surface area contributed by atoms with E-state index in [0.29, 0.717) is 5.92 Å². The van der Waals surface area contributed by atoms with Gasteiger partial charge in [0.2, 0.25) is 0 Å².